The summed E-state index contributed by atoms with van der Waals surface area (Å²) in [7, 11) is 0. The van der Waals surface area contributed by atoms with Crippen LogP contribution in [-0.4, -0.2) is 50.6 Å². The highest BCUT2D eigenvalue weighted by atomic mass is 32.1. The molecule has 2 atom stereocenters. The van der Waals surface area contributed by atoms with Gasteiger partial charge in [-0.05, 0) is 37.7 Å². The molecule has 10 heteroatoms. The molecule has 29 heavy (non-hydrogen) atoms. The summed E-state index contributed by atoms with van der Waals surface area (Å²) < 4.78 is 12.9. The predicted molar refractivity (Wildman–Crippen MR) is 111 cm³/mol. The summed E-state index contributed by atoms with van der Waals surface area (Å²) in [6, 6.07) is 9.16. The van der Waals surface area contributed by atoms with E-state index in [1.54, 1.807) is 29.1 Å². The number of aromatic nitrogens is 3. The van der Waals surface area contributed by atoms with Crippen LogP contribution in [0.25, 0.3) is 0 Å². The van der Waals surface area contributed by atoms with E-state index in [-0.39, 0.29) is 18.8 Å². The van der Waals surface area contributed by atoms with Crippen LogP contribution < -0.4 is 15.8 Å². The fraction of sp³-hybridized carbons (Fsp3) is 0.474. The number of nitrogens with two attached hydrogens (primary N) is 1. The molecule has 1 aliphatic heterocycles. The number of rotatable bonds is 6. The van der Waals surface area contributed by atoms with Crippen molar-refractivity contribution in [1.82, 2.24) is 20.3 Å². The number of aliphatic hydroxyl groups excluding tert-OH is 1. The Kier molecular flexibility index (Phi) is 9.30. The van der Waals surface area contributed by atoms with Crippen molar-refractivity contribution in [3.05, 3.63) is 41.7 Å². The van der Waals surface area contributed by atoms with Gasteiger partial charge in [0.05, 0.1) is 30.5 Å². The molecule has 1 saturated heterocycles. The summed E-state index contributed by atoms with van der Waals surface area (Å²) in [6.45, 7) is 4.13. The fourth-order valence-electron chi connectivity index (χ4n) is 2.70. The molecule has 9 nitrogen and oxygen atoms in total. The molecule has 4 N–H and O–H groups in total. The lowest BCUT2D eigenvalue weighted by Crippen LogP contribution is -2.32. The molecule has 0 radical (unpaired) electrons. The number of hydrogen-bond acceptors (Lipinski definition) is 7. The average Bonchev–Trinajstić information content (AvgIpc) is 3.14. The third-order valence-corrected chi connectivity index (χ3v) is 4.19. The van der Waals surface area contributed by atoms with Crippen LogP contribution in [0.15, 0.2) is 30.5 Å². The van der Waals surface area contributed by atoms with Crippen LogP contribution in [0.4, 0.5) is 0 Å². The molecular weight excluding hydrogens is 392 g/mol. The molecule has 3 rings (SSSR count). The Morgan fingerprint density at radius 2 is 2.31 bits per heavy atom. The van der Waals surface area contributed by atoms with E-state index in [9.17, 15) is 5.11 Å². The maximum absolute atomic E-state index is 9.65. The second-order valence-corrected chi connectivity index (χ2v) is 6.83. The number of para-hydroxylation sites is 1. The molecule has 1 aromatic carbocycles. The zero-order valence-electron chi connectivity index (χ0n) is 16.3. The lowest BCUT2D eigenvalue weighted by Gasteiger charge is -2.26. The van der Waals surface area contributed by atoms with Gasteiger partial charge in [0.2, 0.25) is 0 Å². The van der Waals surface area contributed by atoms with Crippen LogP contribution in [0.5, 0.6) is 5.75 Å². The molecule has 2 heterocycles. The van der Waals surface area contributed by atoms with E-state index < -0.39 is 0 Å². The molecule has 2 unspecified atom stereocenters. The molecule has 2 aromatic rings. The van der Waals surface area contributed by atoms with Gasteiger partial charge in [-0.3, -0.25) is 0 Å². The van der Waals surface area contributed by atoms with Crippen LogP contribution in [0, 0.1) is 11.3 Å². The van der Waals surface area contributed by atoms with Gasteiger partial charge >= 0.3 is 0 Å². The van der Waals surface area contributed by atoms with Crippen molar-refractivity contribution in [3.63, 3.8) is 0 Å². The highest BCUT2D eigenvalue weighted by molar-refractivity contribution is 7.80. The number of nitrogens with one attached hydrogen (secondary N) is 1. The quantitative estimate of drug-likeness (QED) is 0.590. The van der Waals surface area contributed by atoms with Crippen molar-refractivity contribution in [3.8, 4) is 11.8 Å². The normalized spacial score (nSPS) is 18.1. The fourth-order valence-corrected chi connectivity index (χ4v) is 2.85. The van der Waals surface area contributed by atoms with Gasteiger partial charge in [0, 0.05) is 19.6 Å². The van der Waals surface area contributed by atoms with Gasteiger partial charge in [0.25, 0.3) is 0 Å². The van der Waals surface area contributed by atoms with Crippen LogP contribution in [0.2, 0.25) is 0 Å². The van der Waals surface area contributed by atoms with Crippen LogP contribution in [0.3, 0.4) is 0 Å². The van der Waals surface area contributed by atoms with Crippen molar-refractivity contribution in [2.24, 2.45) is 5.73 Å². The van der Waals surface area contributed by atoms with E-state index in [2.05, 4.69) is 33.9 Å². The summed E-state index contributed by atoms with van der Waals surface area (Å²) in [5.74, 6) is 0.531. The minimum absolute atomic E-state index is 0.0477. The smallest absolute Gasteiger partial charge is 0.163 e. The Balaban J connectivity index is 0.000000438. The van der Waals surface area contributed by atoms with Gasteiger partial charge < -0.3 is 25.6 Å². The largest absolute Gasteiger partial charge is 0.486 e. The van der Waals surface area contributed by atoms with Crippen LogP contribution in [-0.2, 0) is 17.9 Å². The molecule has 1 aromatic heterocycles. The number of nitrogens with zero attached hydrogens (tertiary/aromatic N) is 4. The molecule has 0 aliphatic carbocycles. The SMILES string of the molecule is CCNC(N)=S.N#Cc1ccccc1OCc1cn(CC2CC(O)CCO2)nn1. The Morgan fingerprint density at radius 3 is 2.97 bits per heavy atom. The van der Waals surface area contributed by atoms with Crippen LogP contribution >= 0.6 is 12.2 Å². The molecule has 0 bridgehead atoms. The third kappa shape index (κ3) is 8.03. The lowest BCUT2D eigenvalue weighted by molar-refractivity contribution is -0.0512. The Morgan fingerprint density at radius 1 is 1.52 bits per heavy atom. The standard InChI is InChI=1S/C16H18N4O3.C3H8N2S/c17-8-12-3-1-2-4-16(12)23-11-13-9-20(19-18-13)10-15-7-14(21)5-6-22-15;1-2-5-3(4)6/h1-4,9,14-15,21H,5-7,10-11H2;2H2,1H3,(H3,4,5,6). The van der Waals surface area contributed by atoms with Crippen molar-refractivity contribution in [2.75, 3.05) is 13.2 Å². The van der Waals surface area contributed by atoms with Gasteiger partial charge in [-0.25, -0.2) is 4.68 Å². The second kappa shape index (κ2) is 12.0. The molecule has 0 saturated carbocycles. The number of ether oxygens (including phenoxy) is 2. The summed E-state index contributed by atoms with van der Waals surface area (Å²) in [5, 5.41) is 29.9. The van der Waals surface area contributed by atoms with Crippen molar-refractivity contribution < 1.29 is 14.6 Å². The zero-order chi connectivity index (χ0) is 21.1. The van der Waals surface area contributed by atoms with E-state index in [0.29, 0.717) is 48.1 Å². The molecule has 156 valence electrons. The van der Waals surface area contributed by atoms with E-state index in [1.807, 2.05) is 13.0 Å². The van der Waals surface area contributed by atoms with Crippen molar-refractivity contribution >= 4 is 17.3 Å². The first-order chi connectivity index (χ1) is 14.0. The third-order valence-electron chi connectivity index (χ3n) is 4.05. The van der Waals surface area contributed by atoms with Crippen LogP contribution in [0.1, 0.15) is 31.0 Å². The van der Waals surface area contributed by atoms with E-state index in [0.717, 1.165) is 6.54 Å². The average molecular weight is 419 g/mol. The van der Waals surface area contributed by atoms with Crippen molar-refractivity contribution in [1.29, 1.82) is 5.26 Å². The van der Waals surface area contributed by atoms with E-state index in [1.165, 1.54) is 0 Å². The summed E-state index contributed by atoms with van der Waals surface area (Å²) in [4.78, 5) is 0. The molecule has 1 aliphatic rings. The molecule has 1 fully saturated rings. The van der Waals surface area contributed by atoms with Gasteiger partial charge in [-0.2, -0.15) is 5.26 Å². The number of hydrogen-bond donors (Lipinski definition) is 3. The number of thiocarbonyl (C=S) groups is 1. The maximum atomic E-state index is 9.65. The molecule has 0 amide bonds. The Hall–Kier alpha value is -2.74. The monoisotopic (exact) mass is 418 g/mol. The lowest BCUT2D eigenvalue weighted by atomic mass is 10.1. The first kappa shape index (κ1) is 22.5. The minimum atomic E-state index is -0.303. The Labute approximate surface area is 175 Å². The number of aliphatic hydroxyl groups is 1. The van der Waals surface area contributed by atoms with Gasteiger partial charge in [0.1, 0.15) is 24.1 Å². The van der Waals surface area contributed by atoms with E-state index >= 15 is 0 Å². The second-order valence-electron chi connectivity index (χ2n) is 6.39. The predicted octanol–water partition coefficient (Wildman–Crippen LogP) is 1.11. The first-order valence-electron chi connectivity index (χ1n) is 9.35. The summed E-state index contributed by atoms with van der Waals surface area (Å²) in [5.41, 5.74) is 6.19. The van der Waals surface area contributed by atoms with Gasteiger partial charge in [0.15, 0.2) is 5.11 Å². The highest BCUT2D eigenvalue weighted by Crippen LogP contribution is 2.18. The maximum Gasteiger partial charge on any atom is 0.163 e. The number of benzene rings is 1. The molecule has 0 spiro atoms. The van der Waals surface area contributed by atoms with Gasteiger partial charge in [-0.15, -0.1) is 5.10 Å². The zero-order valence-corrected chi connectivity index (χ0v) is 17.1. The van der Waals surface area contributed by atoms with Crippen molar-refractivity contribution in [2.45, 2.75) is 45.1 Å². The summed E-state index contributed by atoms with van der Waals surface area (Å²) in [6.07, 6.45) is 2.74. The Bertz CT molecular complexity index is 822. The highest BCUT2D eigenvalue weighted by Gasteiger charge is 2.21. The van der Waals surface area contributed by atoms with E-state index in [4.69, 9.17) is 20.5 Å². The number of nitriles is 1. The minimum Gasteiger partial charge on any atom is -0.486 e. The van der Waals surface area contributed by atoms with Gasteiger partial charge in [-0.1, -0.05) is 17.3 Å². The first-order valence-corrected chi connectivity index (χ1v) is 9.76. The topological polar surface area (TPSA) is 131 Å². The summed E-state index contributed by atoms with van der Waals surface area (Å²) >= 11 is 4.46. The molecular formula is C19H26N6O3S.